The highest BCUT2D eigenvalue weighted by molar-refractivity contribution is 7.90. The molecule has 0 spiro atoms. The SMILES string of the molecule is CC1(C)OB(c2ccnc(S(C)(=O)=O)c2N)OC1(C)C. The number of hydrogen-bond acceptors (Lipinski definition) is 6. The molecule has 2 heterocycles. The molecule has 0 aromatic carbocycles. The van der Waals surface area contributed by atoms with E-state index in [1.807, 2.05) is 27.7 Å². The summed E-state index contributed by atoms with van der Waals surface area (Å²) in [4.78, 5) is 3.83. The molecule has 0 aliphatic carbocycles. The average molecular weight is 298 g/mol. The summed E-state index contributed by atoms with van der Waals surface area (Å²) in [6.45, 7) is 7.67. The quantitative estimate of drug-likeness (QED) is 0.793. The van der Waals surface area contributed by atoms with Gasteiger partial charge in [-0.15, -0.1) is 0 Å². The van der Waals surface area contributed by atoms with Crippen LogP contribution in [0.5, 0.6) is 0 Å². The molecular formula is C12H19BN2O4S. The number of aromatic nitrogens is 1. The lowest BCUT2D eigenvalue weighted by atomic mass is 9.78. The molecule has 0 atom stereocenters. The lowest BCUT2D eigenvalue weighted by molar-refractivity contribution is 0.00578. The lowest BCUT2D eigenvalue weighted by Gasteiger charge is -2.32. The zero-order valence-corrected chi connectivity index (χ0v) is 13.1. The van der Waals surface area contributed by atoms with Gasteiger partial charge in [-0.1, -0.05) is 0 Å². The van der Waals surface area contributed by atoms with Gasteiger partial charge in [0, 0.05) is 17.9 Å². The van der Waals surface area contributed by atoms with Crippen molar-refractivity contribution in [3.8, 4) is 0 Å². The Bertz CT molecular complexity index is 627. The molecule has 20 heavy (non-hydrogen) atoms. The van der Waals surface area contributed by atoms with Gasteiger partial charge in [0.2, 0.25) is 0 Å². The molecule has 0 bridgehead atoms. The molecule has 2 N–H and O–H groups in total. The highest BCUT2D eigenvalue weighted by atomic mass is 32.2. The summed E-state index contributed by atoms with van der Waals surface area (Å²) in [6, 6.07) is 1.62. The van der Waals surface area contributed by atoms with E-state index in [2.05, 4.69) is 4.98 Å². The van der Waals surface area contributed by atoms with Crippen LogP contribution in [0.25, 0.3) is 0 Å². The molecule has 0 saturated carbocycles. The van der Waals surface area contributed by atoms with Crippen LogP contribution in [-0.4, -0.2) is 38.0 Å². The first-order chi connectivity index (χ1) is 8.96. The number of anilines is 1. The van der Waals surface area contributed by atoms with Crippen molar-refractivity contribution in [1.82, 2.24) is 4.98 Å². The van der Waals surface area contributed by atoms with Crippen LogP contribution in [0, 0.1) is 0 Å². The third kappa shape index (κ3) is 2.43. The largest absolute Gasteiger partial charge is 0.497 e. The molecule has 1 fully saturated rings. The van der Waals surface area contributed by atoms with Gasteiger partial charge in [0.05, 0.1) is 16.9 Å². The number of rotatable bonds is 2. The third-order valence-corrected chi connectivity index (χ3v) is 4.87. The van der Waals surface area contributed by atoms with Crippen molar-refractivity contribution < 1.29 is 17.7 Å². The minimum absolute atomic E-state index is 0.0773. The van der Waals surface area contributed by atoms with Crippen molar-refractivity contribution in [2.45, 2.75) is 43.9 Å². The molecule has 0 unspecified atom stereocenters. The second-order valence-corrected chi connectivity index (χ2v) is 7.91. The summed E-state index contributed by atoms with van der Waals surface area (Å²) < 4.78 is 35.1. The summed E-state index contributed by atoms with van der Waals surface area (Å²) in [5.74, 6) is 0. The standard InChI is InChI=1S/C12H19BN2O4S/c1-11(2)12(3,4)19-13(18-11)8-6-7-15-10(9(8)14)20(5,16)17/h6-7H,14H2,1-5H3. The lowest BCUT2D eigenvalue weighted by Crippen LogP contribution is -2.41. The number of hydrogen-bond donors (Lipinski definition) is 1. The van der Waals surface area contributed by atoms with E-state index in [0.717, 1.165) is 6.26 Å². The van der Waals surface area contributed by atoms with Gasteiger partial charge in [-0.05, 0) is 33.8 Å². The molecule has 1 aliphatic heterocycles. The van der Waals surface area contributed by atoms with Gasteiger partial charge < -0.3 is 15.0 Å². The maximum absolute atomic E-state index is 11.7. The van der Waals surface area contributed by atoms with Gasteiger partial charge in [-0.3, -0.25) is 0 Å². The fourth-order valence-corrected chi connectivity index (χ4v) is 2.71. The molecule has 1 aliphatic rings. The second-order valence-electron chi connectivity index (χ2n) is 5.98. The first-order valence-electron chi connectivity index (χ1n) is 6.26. The van der Waals surface area contributed by atoms with Crippen molar-refractivity contribution in [1.29, 1.82) is 0 Å². The highest BCUT2D eigenvalue weighted by Gasteiger charge is 2.52. The van der Waals surface area contributed by atoms with Gasteiger partial charge in [-0.25, -0.2) is 13.4 Å². The fourth-order valence-electron chi connectivity index (χ4n) is 1.94. The Morgan fingerprint density at radius 3 is 2.15 bits per heavy atom. The maximum atomic E-state index is 11.7. The van der Waals surface area contributed by atoms with Crippen LogP contribution >= 0.6 is 0 Å². The van der Waals surface area contributed by atoms with Crippen LogP contribution in [0.4, 0.5) is 5.69 Å². The Labute approximate surface area is 119 Å². The maximum Gasteiger partial charge on any atom is 0.497 e. The molecule has 110 valence electrons. The molecule has 1 aromatic heterocycles. The van der Waals surface area contributed by atoms with Crippen molar-refractivity contribution in [2.75, 3.05) is 12.0 Å². The van der Waals surface area contributed by atoms with Gasteiger partial charge in [0.25, 0.3) is 0 Å². The fraction of sp³-hybridized carbons (Fsp3) is 0.583. The minimum Gasteiger partial charge on any atom is -0.399 e. The summed E-state index contributed by atoms with van der Waals surface area (Å²) in [7, 11) is -4.20. The molecule has 2 rings (SSSR count). The second kappa shape index (κ2) is 4.44. The van der Waals surface area contributed by atoms with E-state index >= 15 is 0 Å². The van der Waals surface area contributed by atoms with Crippen LogP contribution in [-0.2, 0) is 19.1 Å². The summed E-state index contributed by atoms with van der Waals surface area (Å²) in [6.07, 6.45) is 2.47. The zero-order chi connectivity index (χ0) is 15.3. The highest BCUT2D eigenvalue weighted by Crippen LogP contribution is 2.37. The Kier molecular flexibility index (Phi) is 3.39. The van der Waals surface area contributed by atoms with E-state index in [0.29, 0.717) is 5.46 Å². The number of nitrogens with two attached hydrogens (primary N) is 1. The third-order valence-electron chi connectivity index (χ3n) is 3.85. The van der Waals surface area contributed by atoms with Crippen LogP contribution in [0.2, 0.25) is 0 Å². The number of pyridine rings is 1. The molecule has 6 nitrogen and oxygen atoms in total. The predicted molar refractivity (Wildman–Crippen MR) is 77.5 cm³/mol. The smallest absolute Gasteiger partial charge is 0.399 e. The van der Waals surface area contributed by atoms with Crippen molar-refractivity contribution >= 4 is 28.1 Å². The monoisotopic (exact) mass is 298 g/mol. The number of sulfone groups is 1. The van der Waals surface area contributed by atoms with Crippen molar-refractivity contribution in [2.24, 2.45) is 0 Å². The van der Waals surface area contributed by atoms with Gasteiger partial charge in [0.15, 0.2) is 14.9 Å². The van der Waals surface area contributed by atoms with E-state index < -0.39 is 28.2 Å². The number of nitrogen functional groups attached to an aromatic ring is 1. The van der Waals surface area contributed by atoms with Gasteiger partial charge in [-0.2, -0.15) is 0 Å². The Morgan fingerprint density at radius 1 is 1.20 bits per heavy atom. The predicted octanol–water partition coefficient (Wildman–Crippen LogP) is 0.366. The Hall–Kier alpha value is -1.12. The molecule has 0 radical (unpaired) electrons. The van der Waals surface area contributed by atoms with Gasteiger partial charge >= 0.3 is 7.12 Å². The Morgan fingerprint density at radius 2 is 1.70 bits per heavy atom. The summed E-state index contributed by atoms with van der Waals surface area (Å²) in [5, 5.41) is -0.148. The minimum atomic E-state index is -3.49. The molecule has 0 amide bonds. The van der Waals surface area contributed by atoms with Crippen LogP contribution in [0.3, 0.4) is 0 Å². The molecular weight excluding hydrogens is 279 g/mol. The summed E-state index contributed by atoms with van der Waals surface area (Å²) in [5.41, 5.74) is 5.46. The van der Waals surface area contributed by atoms with E-state index in [1.165, 1.54) is 6.20 Å². The Balaban J connectivity index is 2.47. The van der Waals surface area contributed by atoms with Gasteiger partial charge in [0.1, 0.15) is 0 Å². The first-order valence-corrected chi connectivity index (χ1v) is 8.15. The van der Waals surface area contributed by atoms with Crippen LogP contribution < -0.4 is 11.2 Å². The van der Waals surface area contributed by atoms with E-state index in [1.54, 1.807) is 6.07 Å². The summed E-state index contributed by atoms with van der Waals surface area (Å²) >= 11 is 0. The van der Waals surface area contributed by atoms with E-state index in [9.17, 15) is 8.42 Å². The molecule has 1 saturated heterocycles. The van der Waals surface area contributed by atoms with Crippen molar-refractivity contribution in [3.05, 3.63) is 12.3 Å². The normalized spacial score (nSPS) is 21.1. The number of nitrogens with zero attached hydrogens (tertiary/aromatic N) is 1. The molecule has 8 heteroatoms. The van der Waals surface area contributed by atoms with Crippen molar-refractivity contribution in [3.63, 3.8) is 0 Å². The van der Waals surface area contributed by atoms with E-state index in [-0.39, 0.29) is 10.7 Å². The first kappa shape index (κ1) is 15.3. The molecule has 1 aromatic rings. The average Bonchev–Trinajstić information content (AvgIpc) is 2.46. The van der Waals surface area contributed by atoms with Crippen LogP contribution in [0.15, 0.2) is 17.3 Å². The topological polar surface area (TPSA) is 91.5 Å². The van der Waals surface area contributed by atoms with E-state index in [4.69, 9.17) is 15.0 Å². The zero-order valence-electron chi connectivity index (χ0n) is 12.3. The van der Waals surface area contributed by atoms with Crippen LogP contribution in [0.1, 0.15) is 27.7 Å².